The Hall–Kier alpha value is -3.56. The molecule has 0 aromatic heterocycles. The molecule has 5 rings (SSSR count). The first-order chi connectivity index (χ1) is 15.7. The summed E-state index contributed by atoms with van der Waals surface area (Å²) in [5.41, 5.74) is 4.54. The van der Waals surface area contributed by atoms with E-state index in [0.29, 0.717) is 0 Å². The van der Waals surface area contributed by atoms with Crippen LogP contribution in [0.2, 0.25) is 0 Å². The maximum atomic E-state index is 7.09. The molecule has 3 nitrogen and oxygen atoms in total. The van der Waals surface area contributed by atoms with Gasteiger partial charge in [-0.2, -0.15) is 0 Å². The van der Waals surface area contributed by atoms with Gasteiger partial charge in [0.15, 0.2) is 6.23 Å². The minimum absolute atomic E-state index is 0.0695. The smallest absolute Gasteiger partial charge is 0.159 e. The molecule has 3 heteroatoms. The maximum Gasteiger partial charge on any atom is 0.159 e. The van der Waals surface area contributed by atoms with Crippen LogP contribution in [0.25, 0.3) is 0 Å². The molecule has 4 aromatic carbocycles. The van der Waals surface area contributed by atoms with Gasteiger partial charge in [0.05, 0.1) is 6.10 Å². The van der Waals surface area contributed by atoms with E-state index in [4.69, 9.17) is 9.47 Å². The summed E-state index contributed by atoms with van der Waals surface area (Å²) in [4.78, 5) is 0. The van der Waals surface area contributed by atoms with Gasteiger partial charge in [-0.3, -0.25) is 0 Å². The molecule has 1 N–H and O–H groups in total. The molecule has 32 heavy (non-hydrogen) atoms. The summed E-state index contributed by atoms with van der Waals surface area (Å²) in [6, 6.07) is 37.4. The molecule has 4 aromatic rings. The summed E-state index contributed by atoms with van der Waals surface area (Å²) in [5.74, 6) is 0.828. The number of nitrogens with one attached hydrogen (secondary N) is 1. The molecule has 0 amide bonds. The van der Waals surface area contributed by atoms with Crippen molar-refractivity contribution in [3.8, 4) is 5.75 Å². The minimum Gasteiger partial charge on any atom is -0.491 e. The van der Waals surface area contributed by atoms with Gasteiger partial charge in [0.2, 0.25) is 0 Å². The van der Waals surface area contributed by atoms with E-state index in [9.17, 15) is 0 Å². The summed E-state index contributed by atoms with van der Waals surface area (Å²) in [6.45, 7) is 4.08. The van der Waals surface area contributed by atoms with Crippen LogP contribution in [0, 0.1) is 0 Å². The van der Waals surface area contributed by atoms with E-state index in [-0.39, 0.29) is 12.3 Å². The van der Waals surface area contributed by atoms with Crippen molar-refractivity contribution in [1.29, 1.82) is 0 Å². The normalized spacial score (nSPS) is 16.8. The van der Waals surface area contributed by atoms with Crippen LogP contribution in [-0.4, -0.2) is 6.10 Å². The lowest BCUT2D eigenvalue weighted by Crippen LogP contribution is -2.41. The van der Waals surface area contributed by atoms with E-state index in [2.05, 4.69) is 84.2 Å². The highest BCUT2D eigenvalue weighted by Crippen LogP contribution is 2.50. The molecule has 1 unspecified atom stereocenters. The number of para-hydroxylation sites is 2. The van der Waals surface area contributed by atoms with E-state index in [1.807, 2.05) is 44.2 Å². The summed E-state index contributed by atoms with van der Waals surface area (Å²) < 4.78 is 13.2. The third-order valence-corrected chi connectivity index (χ3v) is 5.81. The summed E-state index contributed by atoms with van der Waals surface area (Å²) >= 11 is 0. The SMILES string of the molecule is CC(C)Oc1ccccc1C1Nc2ccccc2C(c2ccccc2)(c2ccccc2)O1. The van der Waals surface area contributed by atoms with Crippen molar-refractivity contribution < 1.29 is 9.47 Å². The molecule has 0 bridgehead atoms. The molecule has 0 fully saturated rings. The lowest BCUT2D eigenvalue weighted by Gasteiger charge is -2.44. The minimum atomic E-state index is -0.764. The largest absolute Gasteiger partial charge is 0.491 e. The Morgan fingerprint density at radius 3 is 1.94 bits per heavy atom. The van der Waals surface area contributed by atoms with Crippen molar-refractivity contribution in [1.82, 2.24) is 0 Å². The van der Waals surface area contributed by atoms with Gasteiger partial charge in [-0.05, 0) is 37.1 Å². The van der Waals surface area contributed by atoms with Crippen molar-refractivity contribution in [2.24, 2.45) is 0 Å². The van der Waals surface area contributed by atoms with Crippen molar-refractivity contribution in [3.05, 3.63) is 131 Å². The van der Waals surface area contributed by atoms with Crippen LogP contribution < -0.4 is 10.1 Å². The first kappa shape index (κ1) is 20.3. The summed E-state index contributed by atoms with van der Waals surface area (Å²) in [5, 5.41) is 3.62. The van der Waals surface area contributed by atoms with Crippen LogP contribution in [0.5, 0.6) is 5.75 Å². The summed E-state index contributed by atoms with van der Waals surface area (Å²) in [6.07, 6.45) is -0.319. The van der Waals surface area contributed by atoms with Gasteiger partial charge in [-0.1, -0.05) is 97.1 Å². The third-order valence-electron chi connectivity index (χ3n) is 5.81. The predicted octanol–water partition coefficient (Wildman–Crippen LogP) is 6.91. The molecule has 1 heterocycles. The third kappa shape index (κ3) is 3.55. The van der Waals surface area contributed by atoms with Gasteiger partial charge in [0.1, 0.15) is 11.4 Å². The second-order valence-electron chi connectivity index (χ2n) is 8.31. The van der Waals surface area contributed by atoms with Crippen molar-refractivity contribution in [3.63, 3.8) is 0 Å². The standard InChI is InChI=1S/C29H27NO2/c1-21(2)31-27-20-12-9-17-24(27)28-30-26-19-11-10-18-25(26)29(32-28,22-13-5-3-6-14-22)23-15-7-4-8-16-23/h3-21,28,30H,1-2H3. The molecule has 1 atom stereocenters. The molecule has 0 saturated heterocycles. The fourth-order valence-corrected chi connectivity index (χ4v) is 4.49. The van der Waals surface area contributed by atoms with Gasteiger partial charge in [-0.15, -0.1) is 0 Å². The molecular formula is C29H27NO2. The fraction of sp³-hybridized carbons (Fsp3) is 0.172. The van der Waals surface area contributed by atoms with Crippen LogP contribution in [0.4, 0.5) is 5.69 Å². The van der Waals surface area contributed by atoms with E-state index in [1.165, 1.54) is 0 Å². The maximum absolute atomic E-state index is 7.09. The molecule has 0 spiro atoms. The van der Waals surface area contributed by atoms with Crippen LogP contribution in [0.3, 0.4) is 0 Å². The van der Waals surface area contributed by atoms with Gasteiger partial charge < -0.3 is 14.8 Å². The highest BCUT2D eigenvalue weighted by molar-refractivity contribution is 5.64. The van der Waals surface area contributed by atoms with Crippen LogP contribution in [0.15, 0.2) is 109 Å². The topological polar surface area (TPSA) is 30.5 Å². The average molecular weight is 422 g/mol. The molecule has 0 radical (unpaired) electrons. The predicted molar refractivity (Wildman–Crippen MR) is 129 cm³/mol. The summed E-state index contributed by atoms with van der Waals surface area (Å²) in [7, 11) is 0. The molecule has 0 aliphatic carbocycles. The second-order valence-corrected chi connectivity index (χ2v) is 8.31. The van der Waals surface area contributed by atoms with E-state index < -0.39 is 5.60 Å². The monoisotopic (exact) mass is 421 g/mol. The zero-order valence-electron chi connectivity index (χ0n) is 18.4. The van der Waals surface area contributed by atoms with Crippen LogP contribution in [-0.2, 0) is 10.3 Å². The van der Waals surface area contributed by atoms with Gasteiger partial charge in [0, 0.05) is 16.8 Å². The number of fused-ring (bicyclic) bond motifs is 1. The van der Waals surface area contributed by atoms with E-state index in [1.54, 1.807) is 0 Å². The highest BCUT2D eigenvalue weighted by atomic mass is 16.5. The Kier molecular flexibility index (Phi) is 5.42. The van der Waals surface area contributed by atoms with E-state index >= 15 is 0 Å². The Labute approximate surface area is 189 Å². The number of hydrogen-bond donors (Lipinski definition) is 1. The first-order valence-electron chi connectivity index (χ1n) is 11.1. The number of benzene rings is 4. The lowest BCUT2D eigenvalue weighted by molar-refractivity contribution is -0.0444. The van der Waals surface area contributed by atoms with Crippen molar-refractivity contribution in [2.45, 2.75) is 31.8 Å². The van der Waals surface area contributed by atoms with Gasteiger partial charge in [-0.25, -0.2) is 0 Å². The Morgan fingerprint density at radius 2 is 1.28 bits per heavy atom. The number of ether oxygens (including phenoxy) is 2. The number of rotatable bonds is 5. The van der Waals surface area contributed by atoms with Crippen molar-refractivity contribution >= 4 is 5.69 Å². The van der Waals surface area contributed by atoms with Gasteiger partial charge in [0.25, 0.3) is 0 Å². The molecule has 1 aliphatic rings. The fourth-order valence-electron chi connectivity index (χ4n) is 4.49. The molecule has 1 aliphatic heterocycles. The van der Waals surface area contributed by atoms with Gasteiger partial charge >= 0.3 is 0 Å². The van der Waals surface area contributed by atoms with Crippen molar-refractivity contribution in [2.75, 3.05) is 5.32 Å². The quantitative estimate of drug-likeness (QED) is 0.380. The second kappa shape index (κ2) is 8.52. The Balaban J connectivity index is 1.74. The Bertz CT molecular complexity index is 1150. The number of hydrogen-bond acceptors (Lipinski definition) is 3. The lowest BCUT2D eigenvalue weighted by atomic mass is 9.78. The zero-order chi connectivity index (χ0) is 22.0. The zero-order valence-corrected chi connectivity index (χ0v) is 18.4. The van der Waals surface area contributed by atoms with Crippen LogP contribution in [0.1, 0.15) is 42.3 Å². The first-order valence-corrected chi connectivity index (χ1v) is 11.1. The number of anilines is 1. The Morgan fingerprint density at radius 1 is 0.719 bits per heavy atom. The molecular weight excluding hydrogens is 394 g/mol. The molecule has 0 saturated carbocycles. The van der Waals surface area contributed by atoms with Crippen LogP contribution >= 0.6 is 0 Å². The van der Waals surface area contributed by atoms with E-state index in [0.717, 1.165) is 33.7 Å². The highest BCUT2D eigenvalue weighted by Gasteiger charge is 2.45. The average Bonchev–Trinajstić information content (AvgIpc) is 2.84. The molecule has 160 valence electrons.